The minimum absolute atomic E-state index is 0.199. The van der Waals surface area contributed by atoms with Gasteiger partial charge in [0.1, 0.15) is 0 Å². The highest BCUT2D eigenvalue weighted by atomic mass is 19.4. The second-order valence-corrected chi connectivity index (χ2v) is 4.11. The van der Waals surface area contributed by atoms with Crippen LogP contribution in [-0.2, 0) is 6.18 Å². The Labute approximate surface area is 107 Å². The zero-order valence-corrected chi connectivity index (χ0v) is 9.89. The quantitative estimate of drug-likeness (QED) is 0.796. The molecule has 0 aliphatic heterocycles. The molecule has 0 saturated heterocycles. The van der Waals surface area contributed by atoms with Gasteiger partial charge in [-0.1, -0.05) is 6.07 Å². The maximum Gasteiger partial charge on any atom is 0.489 e. The average Bonchev–Trinajstić information content (AvgIpc) is 2.74. The summed E-state index contributed by atoms with van der Waals surface area (Å²) in [6.45, 7) is 1.76. The predicted molar refractivity (Wildman–Crippen MR) is 63.1 cm³/mol. The van der Waals surface area contributed by atoms with Crippen molar-refractivity contribution in [2.75, 3.05) is 0 Å². The molecule has 0 amide bonds. The second kappa shape index (κ2) is 4.71. The number of aryl methyl sites for hydroxylation is 1. The first-order valence-electron chi connectivity index (χ1n) is 5.38. The van der Waals surface area contributed by atoms with Gasteiger partial charge < -0.3 is 10.0 Å². The van der Waals surface area contributed by atoms with Crippen LogP contribution >= 0.6 is 0 Å². The zero-order chi connectivity index (χ0) is 14.2. The standard InChI is InChI=1S/C11H10BF3N2O2/c1-7-5-16-17(6-7)8-2-3-10(12(18)19)9(4-8)11(13,14)15/h2-6,18-19H,1H3. The molecule has 2 N–H and O–H groups in total. The molecule has 1 aromatic heterocycles. The molecule has 0 aliphatic rings. The van der Waals surface area contributed by atoms with Crippen molar-refractivity contribution in [1.29, 1.82) is 0 Å². The largest absolute Gasteiger partial charge is 0.489 e. The molecule has 0 atom stereocenters. The molecular weight excluding hydrogens is 260 g/mol. The molecule has 4 nitrogen and oxygen atoms in total. The summed E-state index contributed by atoms with van der Waals surface area (Å²) < 4.78 is 39.9. The van der Waals surface area contributed by atoms with Gasteiger partial charge in [-0.2, -0.15) is 18.3 Å². The molecule has 0 aliphatic carbocycles. The maximum absolute atomic E-state index is 12.9. The Morgan fingerprint density at radius 1 is 1.26 bits per heavy atom. The first kappa shape index (κ1) is 13.6. The fourth-order valence-electron chi connectivity index (χ4n) is 1.71. The van der Waals surface area contributed by atoms with Crippen molar-refractivity contribution in [3.63, 3.8) is 0 Å². The molecule has 19 heavy (non-hydrogen) atoms. The number of rotatable bonds is 2. The monoisotopic (exact) mass is 270 g/mol. The summed E-state index contributed by atoms with van der Waals surface area (Å²) in [4.78, 5) is 0. The molecule has 0 radical (unpaired) electrons. The lowest BCUT2D eigenvalue weighted by Crippen LogP contribution is -2.36. The summed E-state index contributed by atoms with van der Waals surface area (Å²) in [5, 5.41) is 21.8. The van der Waals surface area contributed by atoms with E-state index in [1.807, 2.05) is 0 Å². The van der Waals surface area contributed by atoms with Crippen LogP contribution in [0.3, 0.4) is 0 Å². The molecule has 0 saturated carbocycles. The third kappa shape index (κ3) is 2.79. The van der Waals surface area contributed by atoms with Crippen LogP contribution in [0.1, 0.15) is 11.1 Å². The minimum atomic E-state index is -4.67. The summed E-state index contributed by atoms with van der Waals surface area (Å²) in [6.07, 6.45) is -1.58. The third-order valence-corrected chi connectivity index (χ3v) is 2.60. The van der Waals surface area contributed by atoms with E-state index in [2.05, 4.69) is 5.10 Å². The van der Waals surface area contributed by atoms with Crippen LogP contribution in [0.4, 0.5) is 13.2 Å². The number of halogens is 3. The Kier molecular flexibility index (Phi) is 3.38. The van der Waals surface area contributed by atoms with Gasteiger partial charge in [0.05, 0.1) is 17.4 Å². The number of aromatic nitrogens is 2. The van der Waals surface area contributed by atoms with Crippen molar-refractivity contribution in [3.8, 4) is 5.69 Å². The Morgan fingerprint density at radius 3 is 2.42 bits per heavy atom. The average molecular weight is 270 g/mol. The maximum atomic E-state index is 12.9. The molecule has 1 heterocycles. The number of nitrogens with zero attached hydrogens (tertiary/aromatic N) is 2. The molecule has 0 bridgehead atoms. The molecule has 1 aromatic carbocycles. The van der Waals surface area contributed by atoms with Crippen molar-refractivity contribution in [1.82, 2.24) is 9.78 Å². The molecule has 100 valence electrons. The van der Waals surface area contributed by atoms with Crippen molar-refractivity contribution in [2.24, 2.45) is 0 Å². The SMILES string of the molecule is Cc1cnn(-c2ccc(B(O)O)c(C(F)(F)F)c2)c1. The van der Waals surface area contributed by atoms with Gasteiger partial charge in [0.15, 0.2) is 0 Å². The van der Waals surface area contributed by atoms with E-state index in [1.54, 1.807) is 13.1 Å². The van der Waals surface area contributed by atoms with Gasteiger partial charge in [-0.15, -0.1) is 0 Å². The van der Waals surface area contributed by atoms with Crippen LogP contribution in [0.25, 0.3) is 5.69 Å². The number of alkyl halides is 3. The van der Waals surface area contributed by atoms with Crippen molar-refractivity contribution in [3.05, 3.63) is 41.7 Å². The van der Waals surface area contributed by atoms with Crippen LogP contribution in [0.5, 0.6) is 0 Å². The first-order valence-corrected chi connectivity index (χ1v) is 5.38. The number of benzene rings is 1. The molecule has 2 aromatic rings. The van der Waals surface area contributed by atoms with Gasteiger partial charge in [0.25, 0.3) is 0 Å². The summed E-state index contributed by atoms with van der Waals surface area (Å²) in [7, 11) is -2.18. The number of hydrogen-bond donors (Lipinski definition) is 2. The summed E-state index contributed by atoms with van der Waals surface area (Å²) >= 11 is 0. The molecular formula is C11H10BF3N2O2. The lowest BCUT2D eigenvalue weighted by molar-refractivity contribution is -0.136. The van der Waals surface area contributed by atoms with Crippen LogP contribution in [0.15, 0.2) is 30.6 Å². The smallest absolute Gasteiger partial charge is 0.423 e. The van der Waals surface area contributed by atoms with Gasteiger partial charge >= 0.3 is 13.3 Å². The van der Waals surface area contributed by atoms with Gasteiger partial charge in [0.2, 0.25) is 0 Å². The van der Waals surface area contributed by atoms with Gasteiger partial charge in [-0.25, -0.2) is 4.68 Å². The second-order valence-electron chi connectivity index (χ2n) is 4.11. The normalized spacial score (nSPS) is 11.7. The van der Waals surface area contributed by atoms with Crippen molar-refractivity contribution < 1.29 is 23.2 Å². The minimum Gasteiger partial charge on any atom is -0.423 e. The van der Waals surface area contributed by atoms with E-state index < -0.39 is 24.3 Å². The van der Waals surface area contributed by atoms with Crippen molar-refractivity contribution in [2.45, 2.75) is 13.1 Å². The van der Waals surface area contributed by atoms with E-state index >= 15 is 0 Å². The van der Waals surface area contributed by atoms with Crippen LogP contribution in [-0.4, -0.2) is 26.9 Å². The van der Waals surface area contributed by atoms with E-state index in [0.717, 1.165) is 17.7 Å². The summed E-state index contributed by atoms with van der Waals surface area (Å²) in [5.41, 5.74) is -0.669. The molecule has 8 heteroatoms. The molecule has 0 fully saturated rings. The van der Waals surface area contributed by atoms with E-state index in [0.29, 0.717) is 0 Å². The highest BCUT2D eigenvalue weighted by Crippen LogP contribution is 2.29. The van der Waals surface area contributed by atoms with Gasteiger partial charge in [0, 0.05) is 6.20 Å². The highest BCUT2D eigenvalue weighted by molar-refractivity contribution is 6.59. The first-order chi connectivity index (χ1) is 8.79. The Morgan fingerprint density at radius 2 is 1.95 bits per heavy atom. The van der Waals surface area contributed by atoms with Crippen LogP contribution in [0, 0.1) is 6.92 Å². The molecule has 0 unspecified atom stereocenters. The Balaban J connectivity index is 2.56. The van der Waals surface area contributed by atoms with Crippen LogP contribution in [0.2, 0.25) is 0 Å². The van der Waals surface area contributed by atoms with Crippen molar-refractivity contribution >= 4 is 12.6 Å². The van der Waals surface area contributed by atoms with E-state index in [1.165, 1.54) is 16.9 Å². The summed E-state index contributed by atoms with van der Waals surface area (Å²) in [5.74, 6) is 0. The molecule has 0 spiro atoms. The predicted octanol–water partition coefficient (Wildman–Crippen LogP) is 0.879. The van der Waals surface area contributed by atoms with E-state index in [9.17, 15) is 13.2 Å². The Bertz CT molecular complexity index is 596. The van der Waals surface area contributed by atoms with Gasteiger partial charge in [-0.05, 0) is 30.1 Å². The lowest BCUT2D eigenvalue weighted by Gasteiger charge is -2.14. The highest BCUT2D eigenvalue weighted by Gasteiger charge is 2.36. The summed E-state index contributed by atoms with van der Waals surface area (Å²) in [6, 6.07) is 3.21. The fraction of sp³-hybridized carbons (Fsp3) is 0.182. The Hall–Kier alpha value is -1.80. The van der Waals surface area contributed by atoms with Crippen LogP contribution < -0.4 is 5.46 Å². The van der Waals surface area contributed by atoms with Gasteiger partial charge in [-0.3, -0.25) is 0 Å². The topological polar surface area (TPSA) is 58.3 Å². The van der Waals surface area contributed by atoms with E-state index in [4.69, 9.17) is 10.0 Å². The zero-order valence-electron chi connectivity index (χ0n) is 9.89. The lowest BCUT2D eigenvalue weighted by atomic mass is 9.76. The number of hydrogen-bond acceptors (Lipinski definition) is 3. The van der Waals surface area contributed by atoms with E-state index in [-0.39, 0.29) is 5.69 Å². The molecule has 2 rings (SSSR count). The third-order valence-electron chi connectivity index (χ3n) is 2.60. The fourth-order valence-corrected chi connectivity index (χ4v) is 1.71.